The van der Waals surface area contributed by atoms with Crippen LogP contribution in [0.25, 0.3) is 0 Å². The van der Waals surface area contributed by atoms with Crippen molar-refractivity contribution >= 4 is 33.0 Å². The second-order valence-corrected chi connectivity index (χ2v) is 7.45. The zero-order chi connectivity index (χ0) is 17.0. The number of carbonyl (C=O) groups is 1. The van der Waals surface area contributed by atoms with Crippen molar-refractivity contribution in [2.75, 3.05) is 11.6 Å². The van der Waals surface area contributed by atoms with Gasteiger partial charge in [0.1, 0.15) is 5.75 Å². The van der Waals surface area contributed by atoms with Crippen LogP contribution in [0.15, 0.2) is 53.4 Å². The molecule has 0 radical (unpaired) electrons. The number of benzene rings is 2. The van der Waals surface area contributed by atoms with Gasteiger partial charge in [0.15, 0.2) is 15.9 Å². The molecule has 0 aliphatic carbocycles. The Morgan fingerprint density at radius 1 is 1.09 bits per heavy atom. The normalized spacial score (nSPS) is 12.5. The van der Waals surface area contributed by atoms with Gasteiger partial charge >= 0.3 is 0 Å². The molecule has 1 N–H and O–H groups in total. The van der Waals surface area contributed by atoms with E-state index in [4.69, 9.17) is 16.3 Å². The maximum Gasteiger partial charge on any atom is 0.265 e. The second-order valence-electron chi connectivity index (χ2n) is 5.00. The lowest BCUT2D eigenvalue weighted by Crippen LogP contribution is -2.30. The van der Waals surface area contributed by atoms with Gasteiger partial charge in [0.2, 0.25) is 0 Å². The summed E-state index contributed by atoms with van der Waals surface area (Å²) in [6, 6.07) is 12.6. The van der Waals surface area contributed by atoms with Crippen molar-refractivity contribution in [1.29, 1.82) is 0 Å². The average molecular weight is 354 g/mol. The van der Waals surface area contributed by atoms with E-state index in [-0.39, 0.29) is 10.8 Å². The lowest BCUT2D eigenvalue weighted by Gasteiger charge is -2.15. The molecule has 0 spiro atoms. The van der Waals surface area contributed by atoms with Crippen LogP contribution in [-0.2, 0) is 14.6 Å². The van der Waals surface area contributed by atoms with Gasteiger partial charge in [-0.05, 0) is 55.5 Å². The van der Waals surface area contributed by atoms with Gasteiger partial charge < -0.3 is 10.1 Å². The minimum absolute atomic E-state index is 0.195. The van der Waals surface area contributed by atoms with E-state index < -0.39 is 15.9 Å². The highest BCUT2D eigenvalue weighted by atomic mass is 35.5. The summed E-state index contributed by atoms with van der Waals surface area (Å²) in [7, 11) is -3.26. The van der Waals surface area contributed by atoms with Gasteiger partial charge in [0.05, 0.1) is 4.90 Å². The predicted octanol–water partition coefficient (Wildman–Crippen LogP) is 3.15. The fraction of sp³-hybridized carbons (Fsp3) is 0.188. The summed E-state index contributed by atoms with van der Waals surface area (Å²) >= 11 is 5.79. The Hall–Kier alpha value is -2.05. The van der Waals surface area contributed by atoms with Crippen LogP contribution in [0.3, 0.4) is 0 Å². The molecule has 0 aliphatic heterocycles. The number of amides is 1. The molecule has 7 heteroatoms. The molecular weight excluding hydrogens is 338 g/mol. The first-order chi connectivity index (χ1) is 10.8. The Morgan fingerprint density at radius 3 is 2.17 bits per heavy atom. The van der Waals surface area contributed by atoms with E-state index in [1.54, 1.807) is 31.2 Å². The molecule has 5 nitrogen and oxygen atoms in total. The summed E-state index contributed by atoms with van der Waals surface area (Å²) in [6.45, 7) is 1.62. The van der Waals surface area contributed by atoms with E-state index in [1.807, 2.05) is 0 Å². The van der Waals surface area contributed by atoms with E-state index in [0.29, 0.717) is 16.5 Å². The Bertz CT molecular complexity index is 786. The van der Waals surface area contributed by atoms with Crippen LogP contribution in [0.4, 0.5) is 5.69 Å². The van der Waals surface area contributed by atoms with Crippen molar-refractivity contribution in [3.8, 4) is 5.75 Å². The fourth-order valence-electron chi connectivity index (χ4n) is 1.80. The predicted molar refractivity (Wildman–Crippen MR) is 89.7 cm³/mol. The number of halogens is 1. The molecule has 1 unspecified atom stereocenters. The number of ether oxygens (including phenoxy) is 1. The third kappa shape index (κ3) is 4.97. The molecule has 0 aromatic heterocycles. The molecule has 2 aromatic rings. The quantitative estimate of drug-likeness (QED) is 0.896. The topological polar surface area (TPSA) is 72.5 Å². The van der Waals surface area contributed by atoms with E-state index in [2.05, 4.69) is 5.32 Å². The number of nitrogens with one attached hydrogen (secondary N) is 1. The molecule has 0 saturated heterocycles. The van der Waals surface area contributed by atoms with E-state index in [0.717, 1.165) is 6.26 Å². The summed E-state index contributed by atoms with van der Waals surface area (Å²) in [4.78, 5) is 12.3. The maximum absolute atomic E-state index is 12.1. The molecule has 23 heavy (non-hydrogen) atoms. The molecule has 1 amide bonds. The van der Waals surface area contributed by atoms with E-state index >= 15 is 0 Å². The number of anilines is 1. The first kappa shape index (κ1) is 17.3. The van der Waals surface area contributed by atoms with Crippen molar-refractivity contribution < 1.29 is 17.9 Å². The highest BCUT2D eigenvalue weighted by Gasteiger charge is 2.15. The summed E-state index contributed by atoms with van der Waals surface area (Å²) in [5.74, 6) is 0.191. The Balaban J connectivity index is 1.99. The molecular formula is C16H16ClNO4S. The zero-order valence-electron chi connectivity index (χ0n) is 12.6. The van der Waals surface area contributed by atoms with Gasteiger partial charge in [-0.3, -0.25) is 4.79 Å². The first-order valence-corrected chi connectivity index (χ1v) is 9.06. The van der Waals surface area contributed by atoms with Crippen molar-refractivity contribution in [3.05, 3.63) is 53.6 Å². The largest absolute Gasteiger partial charge is 0.481 e. The summed E-state index contributed by atoms with van der Waals surface area (Å²) in [6.07, 6.45) is 0.411. The van der Waals surface area contributed by atoms with Crippen LogP contribution >= 0.6 is 11.6 Å². The summed E-state index contributed by atoms with van der Waals surface area (Å²) in [5.41, 5.74) is 0.494. The zero-order valence-corrected chi connectivity index (χ0v) is 14.2. The maximum atomic E-state index is 12.1. The SMILES string of the molecule is CC(Oc1ccc(Cl)cc1)C(=O)Nc1ccc(S(C)(=O)=O)cc1. The minimum Gasteiger partial charge on any atom is -0.481 e. The van der Waals surface area contributed by atoms with Crippen LogP contribution in [0.2, 0.25) is 5.02 Å². The van der Waals surface area contributed by atoms with Crippen LogP contribution in [0, 0.1) is 0 Å². The smallest absolute Gasteiger partial charge is 0.265 e. The van der Waals surface area contributed by atoms with Crippen LogP contribution in [-0.4, -0.2) is 26.7 Å². The minimum atomic E-state index is -3.26. The first-order valence-electron chi connectivity index (χ1n) is 6.79. The molecule has 0 bridgehead atoms. The Morgan fingerprint density at radius 2 is 1.65 bits per heavy atom. The van der Waals surface area contributed by atoms with Gasteiger partial charge in [-0.2, -0.15) is 0 Å². The second kappa shape index (κ2) is 7.02. The van der Waals surface area contributed by atoms with Gasteiger partial charge in [0, 0.05) is 17.0 Å². The number of rotatable bonds is 5. The average Bonchev–Trinajstić information content (AvgIpc) is 2.49. The molecule has 2 aromatic carbocycles. The number of hydrogen-bond acceptors (Lipinski definition) is 4. The number of hydrogen-bond donors (Lipinski definition) is 1. The van der Waals surface area contributed by atoms with Gasteiger partial charge in [-0.25, -0.2) is 8.42 Å². The van der Waals surface area contributed by atoms with Crippen molar-refractivity contribution in [1.82, 2.24) is 0 Å². The van der Waals surface area contributed by atoms with Crippen LogP contribution in [0.1, 0.15) is 6.92 Å². The number of sulfone groups is 1. The lowest BCUT2D eigenvalue weighted by atomic mass is 10.3. The number of carbonyl (C=O) groups excluding carboxylic acids is 1. The van der Waals surface area contributed by atoms with Crippen molar-refractivity contribution in [2.45, 2.75) is 17.9 Å². The molecule has 0 fully saturated rings. The van der Waals surface area contributed by atoms with Crippen LogP contribution in [0.5, 0.6) is 5.75 Å². The third-order valence-electron chi connectivity index (χ3n) is 3.05. The Labute approximate surface area is 140 Å². The molecule has 0 heterocycles. The third-order valence-corrected chi connectivity index (χ3v) is 4.43. The fourth-order valence-corrected chi connectivity index (χ4v) is 2.56. The lowest BCUT2D eigenvalue weighted by molar-refractivity contribution is -0.122. The van der Waals surface area contributed by atoms with Gasteiger partial charge in [-0.1, -0.05) is 11.6 Å². The highest BCUT2D eigenvalue weighted by Crippen LogP contribution is 2.18. The molecule has 0 aliphatic rings. The van der Waals surface area contributed by atoms with E-state index in [9.17, 15) is 13.2 Å². The molecule has 2 rings (SSSR count). The molecule has 1 atom stereocenters. The standard InChI is InChI=1S/C16H16ClNO4S/c1-11(22-14-7-3-12(17)4-8-14)16(19)18-13-5-9-15(10-6-13)23(2,20)21/h3-11H,1-2H3,(H,18,19). The summed E-state index contributed by atoms with van der Waals surface area (Å²) in [5, 5.41) is 3.25. The molecule has 0 saturated carbocycles. The monoisotopic (exact) mass is 353 g/mol. The summed E-state index contributed by atoms with van der Waals surface area (Å²) < 4.78 is 28.3. The molecule has 122 valence electrons. The van der Waals surface area contributed by atoms with Crippen LogP contribution < -0.4 is 10.1 Å². The van der Waals surface area contributed by atoms with Crippen molar-refractivity contribution in [2.24, 2.45) is 0 Å². The van der Waals surface area contributed by atoms with Gasteiger partial charge in [0.25, 0.3) is 5.91 Å². The Kier molecular flexibility index (Phi) is 5.28. The van der Waals surface area contributed by atoms with Crippen molar-refractivity contribution in [3.63, 3.8) is 0 Å². The van der Waals surface area contributed by atoms with E-state index in [1.165, 1.54) is 24.3 Å². The highest BCUT2D eigenvalue weighted by molar-refractivity contribution is 7.90. The van der Waals surface area contributed by atoms with Gasteiger partial charge in [-0.15, -0.1) is 0 Å².